The molecule has 2 aromatic heterocycles. The first-order valence-corrected chi connectivity index (χ1v) is 12.7. The Labute approximate surface area is 216 Å². The lowest BCUT2D eigenvalue weighted by Gasteiger charge is -2.47. The predicted octanol–water partition coefficient (Wildman–Crippen LogP) is 2.17. The number of benzene rings is 1. The number of H-pyrrole nitrogens is 1. The number of aryl methyl sites for hydroxylation is 1. The highest BCUT2D eigenvalue weighted by Crippen LogP contribution is 2.43. The van der Waals surface area contributed by atoms with Crippen LogP contribution >= 0.6 is 0 Å². The van der Waals surface area contributed by atoms with Gasteiger partial charge in [-0.2, -0.15) is 15.3 Å². The van der Waals surface area contributed by atoms with E-state index in [1.807, 2.05) is 24.0 Å². The van der Waals surface area contributed by atoms with Crippen molar-refractivity contribution in [3.05, 3.63) is 42.1 Å². The SMILES string of the molecule is C=CC(=O)N1CC2(CCN(c3nc(-c4c(C)ccc5[nH]ncc45)c(C#N)c(N4CC(N(C)C)C4)n3)C2)C1. The second-order valence-electron chi connectivity index (χ2n) is 10.9. The van der Waals surface area contributed by atoms with E-state index >= 15 is 0 Å². The molecule has 5 heterocycles. The summed E-state index contributed by atoms with van der Waals surface area (Å²) in [6.45, 7) is 10.3. The molecule has 1 spiro atoms. The Morgan fingerprint density at radius 1 is 1.24 bits per heavy atom. The molecule has 3 fully saturated rings. The lowest BCUT2D eigenvalue weighted by molar-refractivity contribution is -0.136. The number of nitrogens with zero attached hydrogens (tertiary/aromatic N) is 8. The van der Waals surface area contributed by atoms with Gasteiger partial charge in [0.05, 0.1) is 17.4 Å². The largest absolute Gasteiger partial charge is 0.352 e. The Morgan fingerprint density at radius 2 is 2.03 bits per heavy atom. The number of amides is 1. The van der Waals surface area contributed by atoms with Crippen molar-refractivity contribution in [1.29, 1.82) is 5.26 Å². The molecule has 3 aromatic rings. The number of hydrogen-bond acceptors (Lipinski definition) is 8. The highest BCUT2D eigenvalue weighted by molar-refractivity contribution is 5.97. The van der Waals surface area contributed by atoms with Gasteiger partial charge in [0.2, 0.25) is 11.9 Å². The molecule has 37 heavy (non-hydrogen) atoms. The second kappa shape index (κ2) is 8.56. The molecule has 0 aliphatic carbocycles. The van der Waals surface area contributed by atoms with E-state index in [2.05, 4.69) is 51.6 Å². The van der Waals surface area contributed by atoms with Crippen molar-refractivity contribution in [2.75, 3.05) is 63.2 Å². The Hall–Kier alpha value is -3.97. The lowest BCUT2D eigenvalue weighted by atomic mass is 9.79. The number of carbonyl (C=O) groups excluding carboxylic acids is 1. The number of rotatable bonds is 5. The van der Waals surface area contributed by atoms with Crippen molar-refractivity contribution in [3.8, 4) is 17.3 Å². The van der Waals surface area contributed by atoms with Gasteiger partial charge in [-0.3, -0.25) is 9.89 Å². The number of nitriles is 1. The second-order valence-corrected chi connectivity index (χ2v) is 10.9. The maximum absolute atomic E-state index is 12.0. The minimum atomic E-state index is -0.0137. The molecule has 0 saturated carbocycles. The van der Waals surface area contributed by atoms with Crippen molar-refractivity contribution < 1.29 is 4.79 Å². The molecule has 190 valence electrons. The van der Waals surface area contributed by atoms with Gasteiger partial charge >= 0.3 is 0 Å². The first kappa shape index (κ1) is 23.4. The van der Waals surface area contributed by atoms with Crippen LogP contribution in [0.1, 0.15) is 17.5 Å². The average Bonchev–Trinajstić information content (AvgIpc) is 3.49. The molecular formula is C27H31N9O. The number of fused-ring (bicyclic) bond motifs is 1. The van der Waals surface area contributed by atoms with Crippen molar-refractivity contribution in [3.63, 3.8) is 0 Å². The molecule has 0 atom stereocenters. The summed E-state index contributed by atoms with van der Waals surface area (Å²) in [5.41, 5.74) is 4.06. The Morgan fingerprint density at radius 3 is 2.73 bits per heavy atom. The Bertz CT molecular complexity index is 1440. The maximum Gasteiger partial charge on any atom is 0.245 e. The van der Waals surface area contributed by atoms with Gasteiger partial charge in [0, 0.05) is 61.7 Å². The van der Waals surface area contributed by atoms with Gasteiger partial charge in [0.1, 0.15) is 11.6 Å². The zero-order chi connectivity index (χ0) is 25.9. The van der Waals surface area contributed by atoms with E-state index < -0.39 is 0 Å². The fourth-order valence-corrected chi connectivity index (χ4v) is 5.90. The van der Waals surface area contributed by atoms with Gasteiger partial charge in [-0.15, -0.1) is 0 Å². The summed E-state index contributed by atoms with van der Waals surface area (Å²) in [4.78, 5) is 30.5. The quantitative estimate of drug-likeness (QED) is 0.535. The molecule has 1 amide bonds. The van der Waals surface area contributed by atoms with E-state index in [9.17, 15) is 10.1 Å². The minimum absolute atomic E-state index is 0.0137. The summed E-state index contributed by atoms with van der Waals surface area (Å²) in [6.07, 6.45) is 4.16. The number of aromatic amines is 1. The van der Waals surface area contributed by atoms with Crippen LogP contribution in [0.2, 0.25) is 0 Å². The average molecular weight is 498 g/mol. The molecule has 3 aliphatic rings. The summed E-state index contributed by atoms with van der Waals surface area (Å²) < 4.78 is 0. The monoisotopic (exact) mass is 497 g/mol. The zero-order valence-corrected chi connectivity index (χ0v) is 21.5. The van der Waals surface area contributed by atoms with E-state index in [-0.39, 0.29) is 11.3 Å². The number of nitrogens with one attached hydrogen (secondary N) is 1. The molecule has 1 aromatic carbocycles. The van der Waals surface area contributed by atoms with Crippen LogP contribution in [0.15, 0.2) is 31.0 Å². The van der Waals surface area contributed by atoms with Crippen LogP contribution in [0.25, 0.3) is 22.2 Å². The molecule has 0 unspecified atom stereocenters. The zero-order valence-electron chi connectivity index (χ0n) is 21.5. The van der Waals surface area contributed by atoms with Crippen LogP contribution in [-0.2, 0) is 4.79 Å². The third-order valence-electron chi connectivity index (χ3n) is 8.21. The number of carbonyl (C=O) groups is 1. The van der Waals surface area contributed by atoms with Crippen LogP contribution in [0.3, 0.4) is 0 Å². The first-order chi connectivity index (χ1) is 17.8. The van der Waals surface area contributed by atoms with Gasteiger partial charge in [0.15, 0.2) is 5.82 Å². The van der Waals surface area contributed by atoms with Crippen molar-refractivity contribution >= 4 is 28.6 Å². The third-order valence-corrected chi connectivity index (χ3v) is 8.21. The highest BCUT2D eigenvalue weighted by Gasteiger charge is 2.49. The molecule has 3 aliphatic heterocycles. The number of likely N-dealkylation sites (tertiary alicyclic amines) is 1. The van der Waals surface area contributed by atoms with E-state index in [0.29, 0.717) is 29.1 Å². The number of aromatic nitrogens is 4. The highest BCUT2D eigenvalue weighted by atomic mass is 16.2. The smallest absolute Gasteiger partial charge is 0.245 e. The summed E-state index contributed by atoms with van der Waals surface area (Å²) >= 11 is 0. The van der Waals surface area contributed by atoms with E-state index in [1.165, 1.54) is 6.08 Å². The Balaban J connectivity index is 1.42. The van der Waals surface area contributed by atoms with Crippen LogP contribution in [-0.4, -0.2) is 95.3 Å². The van der Waals surface area contributed by atoms with Crippen LogP contribution in [0.5, 0.6) is 0 Å². The van der Waals surface area contributed by atoms with Crippen LogP contribution in [0.4, 0.5) is 11.8 Å². The van der Waals surface area contributed by atoms with Gasteiger partial charge < -0.3 is 19.6 Å². The lowest BCUT2D eigenvalue weighted by Crippen LogP contribution is -2.59. The van der Waals surface area contributed by atoms with Crippen molar-refractivity contribution in [2.45, 2.75) is 19.4 Å². The van der Waals surface area contributed by atoms with E-state index in [1.54, 1.807) is 6.20 Å². The molecule has 10 heteroatoms. The minimum Gasteiger partial charge on any atom is -0.352 e. The topological polar surface area (TPSA) is 108 Å². The van der Waals surface area contributed by atoms with Crippen molar-refractivity contribution in [1.82, 2.24) is 30.0 Å². The van der Waals surface area contributed by atoms with Crippen LogP contribution in [0, 0.1) is 23.7 Å². The van der Waals surface area contributed by atoms with Gasteiger partial charge in [-0.1, -0.05) is 12.6 Å². The third kappa shape index (κ3) is 3.73. The summed E-state index contributed by atoms with van der Waals surface area (Å²) in [5, 5.41) is 18.6. The van der Waals surface area contributed by atoms with Gasteiger partial charge in [-0.05, 0) is 45.1 Å². The standard InChI is InChI=1S/C27H31N9O/c1-5-22(37)36-15-27(16-36)8-9-34(14-27)26-30-24(23-17(2)6-7-21-20(23)11-29-32-21)19(10-28)25(31-26)35-12-18(13-35)33(3)4/h5-7,11,18H,1,8-9,12-16H2,2-4H3,(H,29,32). The number of likely N-dealkylation sites (N-methyl/N-ethyl adjacent to an activating group) is 1. The number of anilines is 2. The molecule has 6 rings (SSSR count). The summed E-state index contributed by atoms with van der Waals surface area (Å²) in [5.74, 6) is 1.32. The van der Waals surface area contributed by atoms with E-state index in [4.69, 9.17) is 9.97 Å². The normalized spacial score (nSPS) is 18.8. The molecule has 0 radical (unpaired) electrons. The molecule has 10 nitrogen and oxygen atoms in total. The molecule has 3 saturated heterocycles. The first-order valence-electron chi connectivity index (χ1n) is 12.7. The molecule has 1 N–H and O–H groups in total. The molecular weight excluding hydrogens is 466 g/mol. The predicted molar refractivity (Wildman–Crippen MR) is 142 cm³/mol. The fourth-order valence-electron chi connectivity index (χ4n) is 5.90. The van der Waals surface area contributed by atoms with Gasteiger partial charge in [-0.25, -0.2) is 4.98 Å². The number of hydrogen-bond donors (Lipinski definition) is 1. The maximum atomic E-state index is 12.0. The van der Waals surface area contributed by atoms with Crippen molar-refractivity contribution in [2.24, 2.45) is 5.41 Å². The van der Waals surface area contributed by atoms with Crippen LogP contribution < -0.4 is 9.80 Å². The Kier molecular flexibility index (Phi) is 5.42. The molecule has 0 bridgehead atoms. The summed E-state index contributed by atoms with van der Waals surface area (Å²) in [7, 11) is 4.16. The summed E-state index contributed by atoms with van der Waals surface area (Å²) in [6, 6.07) is 6.90. The van der Waals surface area contributed by atoms with E-state index in [0.717, 1.165) is 67.7 Å². The fraction of sp³-hybridized carbons (Fsp3) is 0.444. The van der Waals surface area contributed by atoms with Gasteiger partial charge in [0.25, 0.3) is 0 Å².